The minimum Gasteiger partial charge on any atom is -0.483 e. The quantitative estimate of drug-likeness (QED) is 0.566. The van der Waals surface area contributed by atoms with Gasteiger partial charge in [0.1, 0.15) is 11.4 Å². The van der Waals surface area contributed by atoms with Gasteiger partial charge in [-0.1, -0.05) is 24.3 Å². The zero-order valence-electron chi connectivity index (χ0n) is 8.20. The number of hydrogen-bond acceptors (Lipinski definition) is 1. The fourth-order valence-corrected chi connectivity index (χ4v) is 2.46. The highest BCUT2D eigenvalue weighted by atomic mass is 16.5. The summed E-state index contributed by atoms with van der Waals surface area (Å²) in [6.07, 6.45) is 9.20. The van der Waals surface area contributed by atoms with E-state index in [4.69, 9.17) is 4.74 Å². The molecule has 0 N–H and O–H groups in total. The van der Waals surface area contributed by atoms with Gasteiger partial charge < -0.3 is 4.74 Å². The van der Waals surface area contributed by atoms with Gasteiger partial charge in [0.2, 0.25) is 0 Å². The number of hydrogen-bond donors (Lipinski definition) is 0. The Bertz CT molecular complexity index is 354. The van der Waals surface area contributed by atoms with E-state index in [1.807, 2.05) is 6.07 Å². The summed E-state index contributed by atoms with van der Waals surface area (Å²) in [5, 5.41) is 0. The van der Waals surface area contributed by atoms with Crippen molar-refractivity contribution in [2.45, 2.75) is 31.3 Å². The Morgan fingerprint density at radius 1 is 1.21 bits per heavy atom. The first-order valence-corrected chi connectivity index (χ1v) is 5.33. The van der Waals surface area contributed by atoms with Crippen LogP contribution < -0.4 is 4.74 Å². The van der Waals surface area contributed by atoms with Gasteiger partial charge in [-0.05, 0) is 37.0 Å². The highest BCUT2D eigenvalue weighted by Gasteiger charge is 2.37. The van der Waals surface area contributed by atoms with E-state index in [-0.39, 0.29) is 5.60 Å². The molecule has 0 amide bonds. The summed E-state index contributed by atoms with van der Waals surface area (Å²) < 4.78 is 6.05. The number of fused-ring (bicyclic) bond motifs is 1. The maximum Gasteiger partial charge on any atom is 0.131 e. The third kappa shape index (κ3) is 1.16. The van der Waals surface area contributed by atoms with E-state index in [2.05, 4.69) is 30.4 Å². The molecule has 1 heteroatoms. The van der Waals surface area contributed by atoms with E-state index >= 15 is 0 Å². The van der Waals surface area contributed by atoms with E-state index in [1.165, 1.54) is 18.4 Å². The molecule has 1 heterocycles. The molecule has 0 aromatic heterocycles. The Hall–Kier alpha value is -1.24. The molecule has 1 nitrogen and oxygen atoms in total. The number of para-hydroxylation sites is 1. The first-order chi connectivity index (χ1) is 6.88. The van der Waals surface area contributed by atoms with Gasteiger partial charge in [-0.15, -0.1) is 0 Å². The van der Waals surface area contributed by atoms with Gasteiger partial charge in [-0.2, -0.15) is 0 Å². The van der Waals surface area contributed by atoms with Gasteiger partial charge in [0, 0.05) is 6.42 Å². The molecular formula is C13H14O. The summed E-state index contributed by atoms with van der Waals surface area (Å²) in [6.45, 7) is 0. The Balaban J connectivity index is 1.97. The lowest BCUT2D eigenvalue weighted by Gasteiger charge is -2.27. The molecule has 0 fully saturated rings. The molecule has 3 rings (SSSR count). The van der Waals surface area contributed by atoms with Crippen molar-refractivity contribution < 1.29 is 4.74 Å². The predicted molar refractivity (Wildman–Crippen MR) is 56.5 cm³/mol. The molecule has 1 aliphatic carbocycles. The normalized spacial score (nSPS) is 28.9. The van der Waals surface area contributed by atoms with Crippen molar-refractivity contribution in [3.05, 3.63) is 42.0 Å². The van der Waals surface area contributed by atoms with Gasteiger partial charge in [-0.25, -0.2) is 0 Å². The molecule has 72 valence electrons. The molecule has 0 saturated heterocycles. The van der Waals surface area contributed by atoms with E-state index in [0.29, 0.717) is 0 Å². The standard InChI is InChI=1S/C13H14O/c1-4-8-13(9-5-1)10-11-6-2-3-7-12(11)14-13/h2-4,6-8H,1,5,9-10H2. The number of allylic oxidation sites excluding steroid dienone is 1. The van der Waals surface area contributed by atoms with Crippen LogP contribution in [0.3, 0.4) is 0 Å². The van der Waals surface area contributed by atoms with Crippen molar-refractivity contribution in [2.75, 3.05) is 0 Å². The van der Waals surface area contributed by atoms with Crippen LogP contribution in [-0.2, 0) is 6.42 Å². The molecule has 14 heavy (non-hydrogen) atoms. The summed E-state index contributed by atoms with van der Waals surface area (Å²) in [6, 6.07) is 8.39. The second-order valence-corrected chi connectivity index (χ2v) is 4.25. The fourth-order valence-electron chi connectivity index (χ4n) is 2.46. The molecular weight excluding hydrogens is 172 g/mol. The van der Waals surface area contributed by atoms with Crippen LogP contribution in [0.15, 0.2) is 36.4 Å². The van der Waals surface area contributed by atoms with Crippen molar-refractivity contribution >= 4 is 0 Å². The van der Waals surface area contributed by atoms with Crippen LogP contribution >= 0.6 is 0 Å². The molecule has 1 unspecified atom stereocenters. The lowest BCUT2D eigenvalue weighted by atomic mass is 9.87. The van der Waals surface area contributed by atoms with Crippen LogP contribution in [0.1, 0.15) is 24.8 Å². The molecule has 0 radical (unpaired) electrons. The minimum atomic E-state index is 0.00192. The van der Waals surface area contributed by atoms with E-state index in [9.17, 15) is 0 Å². The van der Waals surface area contributed by atoms with Gasteiger partial charge in [0.05, 0.1) is 0 Å². The summed E-state index contributed by atoms with van der Waals surface area (Å²) in [5.74, 6) is 1.08. The summed E-state index contributed by atoms with van der Waals surface area (Å²) in [7, 11) is 0. The molecule has 0 bridgehead atoms. The first kappa shape index (κ1) is 8.10. The minimum absolute atomic E-state index is 0.00192. The average molecular weight is 186 g/mol. The van der Waals surface area contributed by atoms with Gasteiger partial charge in [0.15, 0.2) is 0 Å². The van der Waals surface area contributed by atoms with Gasteiger partial charge in [-0.3, -0.25) is 0 Å². The second-order valence-electron chi connectivity index (χ2n) is 4.25. The number of benzene rings is 1. The molecule has 1 spiro atoms. The summed E-state index contributed by atoms with van der Waals surface area (Å²) >= 11 is 0. The van der Waals surface area contributed by atoms with Crippen molar-refractivity contribution in [3.8, 4) is 5.75 Å². The molecule has 0 saturated carbocycles. The zero-order chi connectivity index (χ0) is 9.43. The Kier molecular flexibility index (Phi) is 1.66. The fraction of sp³-hybridized carbons (Fsp3) is 0.385. The van der Waals surface area contributed by atoms with Crippen LogP contribution in [0.2, 0.25) is 0 Å². The highest BCUT2D eigenvalue weighted by molar-refractivity contribution is 5.41. The number of rotatable bonds is 0. The monoisotopic (exact) mass is 186 g/mol. The average Bonchev–Trinajstić information content (AvgIpc) is 2.56. The Morgan fingerprint density at radius 2 is 2.14 bits per heavy atom. The predicted octanol–water partition coefficient (Wildman–Crippen LogP) is 3.10. The Labute approximate surface area is 84.4 Å². The molecule has 2 aliphatic rings. The van der Waals surface area contributed by atoms with Crippen LogP contribution in [-0.4, -0.2) is 5.60 Å². The lowest BCUT2D eigenvalue weighted by Crippen LogP contribution is -2.33. The van der Waals surface area contributed by atoms with E-state index < -0.39 is 0 Å². The van der Waals surface area contributed by atoms with Gasteiger partial charge >= 0.3 is 0 Å². The van der Waals surface area contributed by atoms with Crippen molar-refractivity contribution in [2.24, 2.45) is 0 Å². The number of ether oxygens (including phenoxy) is 1. The van der Waals surface area contributed by atoms with Crippen LogP contribution in [0.4, 0.5) is 0 Å². The highest BCUT2D eigenvalue weighted by Crippen LogP contribution is 2.40. The van der Waals surface area contributed by atoms with Crippen molar-refractivity contribution in [3.63, 3.8) is 0 Å². The van der Waals surface area contributed by atoms with Gasteiger partial charge in [0.25, 0.3) is 0 Å². The first-order valence-electron chi connectivity index (χ1n) is 5.33. The largest absolute Gasteiger partial charge is 0.483 e. The maximum atomic E-state index is 6.05. The molecule has 1 atom stereocenters. The van der Waals surface area contributed by atoms with E-state index in [0.717, 1.165) is 18.6 Å². The van der Waals surface area contributed by atoms with Crippen LogP contribution in [0.5, 0.6) is 5.75 Å². The SMILES string of the molecule is C1=CC2(CCC1)Cc1ccccc1O2. The van der Waals surface area contributed by atoms with Crippen molar-refractivity contribution in [1.29, 1.82) is 0 Å². The maximum absolute atomic E-state index is 6.05. The van der Waals surface area contributed by atoms with Crippen LogP contribution in [0, 0.1) is 0 Å². The third-order valence-electron chi connectivity index (χ3n) is 3.17. The smallest absolute Gasteiger partial charge is 0.131 e. The molecule has 1 aromatic carbocycles. The second kappa shape index (κ2) is 2.88. The van der Waals surface area contributed by atoms with Crippen LogP contribution in [0.25, 0.3) is 0 Å². The summed E-state index contributed by atoms with van der Waals surface area (Å²) in [4.78, 5) is 0. The van der Waals surface area contributed by atoms with Crippen molar-refractivity contribution in [1.82, 2.24) is 0 Å². The lowest BCUT2D eigenvalue weighted by molar-refractivity contribution is 0.130. The third-order valence-corrected chi connectivity index (χ3v) is 3.17. The summed E-state index contributed by atoms with van der Waals surface area (Å²) in [5.41, 5.74) is 1.36. The van der Waals surface area contributed by atoms with E-state index in [1.54, 1.807) is 0 Å². The molecule has 1 aliphatic heterocycles. The topological polar surface area (TPSA) is 9.23 Å². The molecule has 1 aromatic rings. The zero-order valence-corrected chi connectivity index (χ0v) is 8.20. The Morgan fingerprint density at radius 3 is 2.93 bits per heavy atom.